The molecule has 0 aliphatic rings. The fourth-order valence-corrected chi connectivity index (χ4v) is 3.45. The summed E-state index contributed by atoms with van der Waals surface area (Å²) in [5, 5.41) is 0. The first-order valence-electron chi connectivity index (χ1n) is 7.43. The maximum atomic E-state index is 13.0. The highest BCUT2D eigenvalue weighted by Gasteiger charge is 2.33. The van der Waals surface area contributed by atoms with E-state index >= 15 is 0 Å². The Hall–Kier alpha value is -1.77. The number of hydrogen-bond donors (Lipinski definition) is 0. The van der Waals surface area contributed by atoms with Crippen LogP contribution in [0, 0.1) is 0 Å². The molecule has 0 aromatic heterocycles. The molecule has 2 aromatic carbocycles. The lowest BCUT2D eigenvalue weighted by Gasteiger charge is -2.23. The highest BCUT2D eigenvalue weighted by Crippen LogP contribution is 2.51. The smallest absolute Gasteiger partial charge is 0.395 e. The van der Waals surface area contributed by atoms with Crippen LogP contribution in [0.15, 0.2) is 60.7 Å². The van der Waals surface area contributed by atoms with E-state index < -0.39 is 7.82 Å². The Kier molecular flexibility index (Phi) is 6.05. The van der Waals surface area contributed by atoms with Crippen LogP contribution in [0.5, 0.6) is 11.5 Å². The molecule has 4 nitrogen and oxygen atoms in total. The minimum atomic E-state index is -3.75. The van der Waals surface area contributed by atoms with Crippen molar-refractivity contribution in [3.05, 3.63) is 60.7 Å². The molecule has 0 N–H and O–H groups in total. The summed E-state index contributed by atoms with van der Waals surface area (Å²) in [4.78, 5) is 0. The third kappa shape index (κ3) is 4.90. The van der Waals surface area contributed by atoms with Crippen molar-refractivity contribution in [1.82, 2.24) is 0 Å². The number of para-hydroxylation sites is 2. The Bertz CT molecular complexity index is 551. The molecule has 5 heteroatoms. The molecule has 0 spiro atoms. The quantitative estimate of drug-likeness (QED) is 0.606. The molecule has 0 atom stereocenters. The molecule has 0 unspecified atom stereocenters. The monoisotopic (exact) mass is 320 g/mol. The Morgan fingerprint density at radius 2 is 1.23 bits per heavy atom. The maximum Gasteiger partial charge on any atom is 0.587 e. The van der Waals surface area contributed by atoms with Crippen LogP contribution in [-0.2, 0) is 9.09 Å². The second-order valence-electron chi connectivity index (χ2n) is 4.80. The average molecular weight is 320 g/mol. The van der Waals surface area contributed by atoms with Gasteiger partial charge in [0.1, 0.15) is 11.5 Å². The summed E-state index contributed by atoms with van der Waals surface area (Å²) in [6.07, 6.45) is 1.28. The van der Waals surface area contributed by atoms with Gasteiger partial charge < -0.3 is 9.05 Å². The van der Waals surface area contributed by atoms with Gasteiger partial charge in [-0.3, -0.25) is 4.52 Å². The van der Waals surface area contributed by atoms with Gasteiger partial charge in [-0.25, -0.2) is 4.57 Å². The number of benzene rings is 2. The minimum Gasteiger partial charge on any atom is -0.395 e. The largest absolute Gasteiger partial charge is 0.587 e. The van der Waals surface area contributed by atoms with Gasteiger partial charge in [0.25, 0.3) is 0 Å². The van der Waals surface area contributed by atoms with Gasteiger partial charge in [-0.15, -0.1) is 0 Å². The fourth-order valence-electron chi connectivity index (χ4n) is 1.90. The van der Waals surface area contributed by atoms with Gasteiger partial charge in [0.2, 0.25) is 0 Å². The summed E-state index contributed by atoms with van der Waals surface area (Å²) < 4.78 is 29.8. The van der Waals surface area contributed by atoms with E-state index in [9.17, 15) is 4.57 Å². The second-order valence-corrected chi connectivity index (χ2v) is 6.27. The highest BCUT2D eigenvalue weighted by atomic mass is 31.2. The van der Waals surface area contributed by atoms with Gasteiger partial charge in [0.15, 0.2) is 0 Å². The number of phosphoric acid groups is 1. The number of hydrogen-bond acceptors (Lipinski definition) is 4. The van der Waals surface area contributed by atoms with Gasteiger partial charge in [-0.05, 0) is 37.1 Å². The van der Waals surface area contributed by atoms with Crippen molar-refractivity contribution in [2.75, 3.05) is 0 Å². The van der Waals surface area contributed by atoms with E-state index in [0.29, 0.717) is 11.5 Å². The van der Waals surface area contributed by atoms with Crippen LogP contribution in [0.1, 0.15) is 26.7 Å². The van der Waals surface area contributed by atoms with Crippen molar-refractivity contribution in [2.24, 2.45) is 0 Å². The molecule has 0 saturated carbocycles. The summed E-state index contributed by atoms with van der Waals surface area (Å²) in [5.41, 5.74) is 0. The average Bonchev–Trinajstić information content (AvgIpc) is 2.54. The molecule has 0 aliphatic heterocycles. The van der Waals surface area contributed by atoms with E-state index in [2.05, 4.69) is 0 Å². The summed E-state index contributed by atoms with van der Waals surface area (Å²) in [6, 6.07) is 17.8. The third-order valence-corrected chi connectivity index (χ3v) is 4.53. The topological polar surface area (TPSA) is 44.8 Å². The molecule has 0 amide bonds. The lowest BCUT2D eigenvalue weighted by molar-refractivity contribution is 0.136. The van der Waals surface area contributed by atoms with E-state index in [1.165, 1.54) is 0 Å². The SMILES string of the molecule is CCC(CC)OP(=O)(Oc1ccccc1)Oc1ccccc1. The van der Waals surface area contributed by atoms with Gasteiger partial charge >= 0.3 is 7.82 Å². The van der Waals surface area contributed by atoms with Crippen LogP contribution in [-0.4, -0.2) is 6.10 Å². The molecular weight excluding hydrogens is 299 g/mol. The van der Waals surface area contributed by atoms with E-state index in [1.807, 2.05) is 26.0 Å². The van der Waals surface area contributed by atoms with Crippen molar-refractivity contribution in [1.29, 1.82) is 0 Å². The summed E-state index contributed by atoms with van der Waals surface area (Å²) in [5.74, 6) is 0.903. The third-order valence-electron chi connectivity index (χ3n) is 3.11. The molecule has 0 heterocycles. The van der Waals surface area contributed by atoms with Crippen molar-refractivity contribution in [3.63, 3.8) is 0 Å². The number of phosphoric ester groups is 1. The molecule has 0 saturated heterocycles. The molecule has 22 heavy (non-hydrogen) atoms. The van der Waals surface area contributed by atoms with Gasteiger partial charge in [0.05, 0.1) is 6.10 Å². The maximum absolute atomic E-state index is 13.0. The second kappa shape index (κ2) is 8.02. The highest BCUT2D eigenvalue weighted by molar-refractivity contribution is 7.49. The predicted octanol–water partition coefficient (Wildman–Crippen LogP) is 5.46. The van der Waals surface area contributed by atoms with Crippen LogP contribution < -0.4 is 9.05 Å². The molecular formula is C17H21O4P. The van der Waals surface area contributed by atoms with Crippen LogP contribution in [0.2, 0.25) is 0 Å². The molecule has 0 aliphatic carbocycles. The van der Waals surface area contributed by atoms with E-state index in [4.69, 9.17) is 13.6 Å². The normalized spacial score (nSPS) is 11.4. The summed E-state index contributed by atoms with van der Waals surface area (Å²) >= 11 is 0. The van der Waals surface area contributed by atoms with Crippen molar-refractivity contribution < 1.29 is 18.1 Å². The Labute approximate surface area is 131 Å². The zero-order valence-corrected chi connectivity index (χ0v) is 13.7. The van der Waals surface area contributed by atoms with Gasteiger partial charge in [-0.1, -0.05) is 50.2 Å². The molecule has 0 bridgehead atoms. The first-order chi connectivity index (χ1) is 10.6. The summed E-state index contributed by atoms with van der Waals surface area (Å²) in [7, 11) is -3.75. The first kappa shape index (κ1) is 16.6. The molecule has 0 fully saturated rings. The predicted molar refractivity (Wildman–Crippen MR) is 87.2 cm³/mol. The van der Waals surface area contributed by atoms with Crippen molar-refractivity contribution in [3.8, 4) is 11.5 Å². The van der Waals surface area contributed by atoms with Crippen LogP contribution in [0.4, 0.5) is 0 Å². The van der Waals surface area contributed by atoms with Crippen molar-refractivity contribution >= 4 is 7.82 Å². The Morgan fingerprint density at radius 3 is 1.59 bits per heavy atom. The lowest BCUT2D eigenvalue weighted by atomic mass is 10.2. The minimum absolute atomic E-state index is 0.182. The lowest BCUT2D eigenvalue weighted by Crippen LogP contribution is -2.14. The van der Waals surface area contributed by atoms with E-state index in [-0.39, 0.29) is 6.10 Å². The zero-order valence-electron chi connectivity index (χ0n) is 12.8. The fraction of sp³-hybridized carbons (Fsp3) is 0.294. The number of rotatable bonds is 8. The van der Waals surface area contributed by atoms with E-state index in [0.717, 1.165) is 12.8 Å². The van der Waals surface area contributed by atoms with Crippen LogP contribution in [0.25, 0.3) is 0 Å². The molecule has 2 aromatic rings. The van der Waals surface area contributed by atoms with Crippen LogP contribution in [0.3, 0.4) is 0 Å². The Balaban J connectivity index is 2.21. The summed E-state index contributed by atoms with van der Waals surface area (Å²) in [6.45, 7) is 3.95. The zero-order chi connectivity index (χ0) is 15.8. The van der Waals surface area contributed by atoms with Gasteiger partial charge in [0, 0.05) is 0 Å². The van der Waals surface area contributed by atoms with Crippen LogP contribution >= 0.6 is 7.82 Å². The van der Waals surface area contributed by atoms with Gasteiger partial charge in [-0.2, -0.15) is 0 Å². The molecule has 118 valence electrons. The van der Waals surface area contributed by atoms with Crippen molar-refractivity contribution in [2.45, 2.75) is 32.8 Å². The Morgan fingerprint density at radius 1 is 0.818 bits per heavy atom. The standard InChI is InChI=1S/C17H21O4P/c1-3-15(4-2)19-22(18,20-16-11-7-5-8-12-16)21-17-13-9-6-10-14-17/h5-15H,3-4H2,1-2H3. The first-order valence-corrected chi connectivity index (χ1v) is 8.89. The molecule has 2 rings (SSSR count). The van der Waals surface area contributed by atoms with E-state index in [1.54, 1.807) is 48.5 Å². The molecule has 0 radical (unpaired) electrons.